The monoisotopic (exact) mass is 376 g/mol. The Morgan fingerprint density at radius 2 is 1.89 bits per heavy atom. The molecule has 0 radical (unpaired) electrons. The van der Waals surface area contributed by atoms with Crippen LogP contribution in [0.1, 0.15) is 36.8 Å². The van der Waals surface area contributed by atoms with Gasteiger partial charge >= 0.3 is 0 Å². The van der Waals surface area contributed by atoms with Gasteiger partial charge in [-0.3, -0.25) is 4.99 Å². The van der Waals surface area contributed by atoms with Crippen LogP contribution in [0.2, 0.25) is 0 Å². The summed E-state index contributed by atoms with van der Waals surface area (Å²) in [6, 6.07) is 6.28. The highest BCUT2D eigenvalue weighted by Crippen LogP contribution is 2.20. The fourth-order valence-electron chi connectivity index (χ4n) is 3.27. The Labute approximate surface area is 164 Å². The number of likely N-dealkylation sites (tertiary alicyclic amines) is 1. The van der Waals surface area contributed by atoms with Crippen molar-refractivity contribution in [3.05, 3.63) is 29.3 Å². The topological polar surface area (TPSA) is 58.1 Å². The summed E-state index contributed by atoms with van der Waals surface area (Å²) >= 11 is 0. The zero-order valence-electron chi connectivity index (χ0n) is 17.2. The molecule has 0 aliphatic carbocycles. The molecule has 2 N–H and O–H groups in total. The van der Waals surface area contributed by atoms with E-state index in [0.29, 0.717) is 19.8 Å². The molecule has 6 heteroatoms. The second-order valence-electron chi connectivity index (χ2n) is 7.06. The number of nitrogens with zero attached hydrogens (tertiary/aromatic N) is 2. The smallest absolute Gasteiger partial charge is 0.191 e. The predicted molar refractivity (Wildman–Crippen MR) is 112 cm³/mol. The summed E-state index contributed by atoms with van der Waals surface area (Å²) in [4.78, 5) is 6.89. The summed E-state index contributed by atoms with van der Waals surface area (Å²) in [6.07, 6.45) is 5.40. The van der Waals surface area contributed by atoms with E-state index in [2.05, 4.69) is 45.6 Å². The Kier molecular flexibility index (Phi) is 10.0. The van der Waals surface area contributed by atoms with E-state index in [1.807, 2.05) is 7.05 Å². The van der Waals surface area contributed by atoms with Crippen molar-refractivity contribution in [1.82, 2.24) is 15.5 Å². The Hall–Kier alpha value is -1.79. The minimum absolute atomic E-state index is 0.551. The van der Waals surface area contributed by atoms with E-state index < -0.39 is 0 Å². The Bertz CT molecular complexity index is 569. The third-order valence-corrected chi connectivity index (χ3v) is 4.86. The first kappa shape index (κ1) is 21.5. The second-order valence-corrected chi connectivity index (χ2v) is 7.06. The van der Waals surface area contributed by atoms with Gasteiger partial charge in [0.15, 0.2) is 5.96 Å². The van der Waals surface area contributed by atoms with Gasteiger partial charge in [0, 0.05) is 39.4 Å². The normalized spacial score (nSPS) is 16.0. The van der Waals surface area contributed by atoms with Gasteiger partial charge in [-0.1, -0.05) is 25.0 Å². The van der Waals surface area contributed by atoms with Crippen LogP contribution in [-0.2, 0) is 11.3 Å². The summed E-state index contributed by atoms with van der Waals surface area (Å²) in [5, 5.41) is 6.82. The Balaban J connectivity index is 1.79. The molecule has 1 aromatic rings. The van der Waals surface area contributed by atoms with Crippen LogP contribution in [0.4, 0.5) is 0 Å². The summed E-state index contributed by atoms with van der Waals surface area (Å²) < 4.78 is 10.9. The van der Waals surface area contributed by atoms with Crippen molar-refractivity contribution >= 4 is 5.96 Å². The van der Waals surface area contributed by atoms with E-state index in [1.165, 1.54) is 44.3 Å². The molecule has 0 spiro atoms. The molecule has 2 rings (SSSR count). The number of methoxy groups -OCH3 is 1. The maximum absolute atomic E-state index is 5.86. The van der Waals surface area contributed by atoms with Crippen LogP contribution in [0.3, 0.4) is 0 Å². The van der Waals surface area contributed by atoms with E-state index in [0.717, 1.165) is 30.4 Å². The van der Waals surface area contributed by atoms with Crippen LogP contribution in [0.5, 0.6) is 5.75 Å². The van der Waals surface area contributed by atoms with E-state index in [4.69, 9.17) is 9.47 Å². The molecule has 0 unspecified atom stereocenters. The lowest BCUT2D eigenvalue weighted by Gasteiger charge is -2.21. The Morgan fingerprint density at radius 1 is 1.11 bits per heavy atom. The molecule has 0 atom stereocenters. The molecule has 0 amide bonds. The molecular weight excluding hydrogens is 340 g/mol. The molecule has 6 nitrogen and oxygen atoms in total. The third kappa shape index (κ3) is 8.18. The molecule has 1 aliphatic heterocycles. The first-order valence-electron chi connectivity index (χ1n) is 10.1. The second kappa shape index (κ2) is 12.6. The third-order valence-electron chi connectivity index (χ3n) is 4.86. The molecule has 1 heterocycles. The lowest BCUT2D eigenvalue weighted by atomic mass is 10.1. The minimum atomic E-state index is 0.551. The summed E-state index contributed by atoms with van der Waals surface area (Å²) in [6.45, 7) is 8.30. The number of nitrogens with one attached hydrogen (secondary N) is 2. The first-order chi connectivity index (χ1) is 13.2. The van der Waals surface area contributed by atoms with Crippen molar-refractivity contribution in [1.29, 1.82) is 0 Å². The van der Waals surface area contributed by atoms with Crippen LogP contribution >= 0.6 is 0 Å². The number of guanidine groups is 1. The highest BCUT2D eigenvalue weighted by atomic mass is 16.5. The van der Waals surface area contributed by atoms with Gasteiger partial charge in [0.1, 0.15) is 12.4 Å². The standard InChI is InChI=1S/C21H36N4O2/c1-18-8-9-19(20(16-18)27-15-14-26-3)17-24-21(22-2)23-10-13-25-11-6-4-5-7-12-25/h8-9,16H,4-7,10-15,17H2,1-3H3,(H2,22,23,24). The van der Waals surface area contributed by atoms with E-state index in [9.17, 15) is 0 Å². The van der Waals surface area contributed by atoms with Gasteiger partial charge in [-0.05, 0) is 44.5 Å². The first-order valence-corrected chi connectivity index (χ1v) is 10.1. The van der Waals surface area contributed by atoms with Gasteiger partial charge < -0.3 is 25.0 Å². The largest absolute Gasteiger partial charge is 0.491 e. The summed E-state index contributed by atoms with van der Waals surface area (Å²) in [7, 11) is 3.50. The quantitative estimate of drug-likeness (QED) is 0.394. The Morgan fingerprint density at radius 3 is 2.59 bits per heavy atom. The van der Waals surface area contributed by atoms with Gasteiger partial charge in [0.25, 0.3) is 0 Å². The lowest BCUT2D eigenvalue weighted by Crippen LogP contribution is -2.41. The van der Waals surface area contributed by atoms with Crippen molar-refractivity contribution in [2.75, 3.05) is 53.6 Å². The van der Waals surface area contributed by atoms with Crippen LogP contribution in [0.25, 0.3) is 0 Å². The molecular formula is C21H36N4O2. The van der Waals surface area contributed by atoms with E-state index in [1.54, 1.807) is 7.11 Å². The molecule has 1 aromatic carbocycles. The fraction of sp³-hybridized carbons (Fsp3) is 0.667. The number of hydrogen-bond donors (Lipinski definition) is 2. The molecule has 27 heavy (non-hydrogen) atoms. The number of benzene rings is 1. The number of aryl methyl sites for hydroxylation is 1. The van der Waals surface area contributed by atoms with Crippen LogP contribution in [0.15, 0.2) is 23.2 Å². The average molecular weight is 377 g/mol. The summed E-state index contributed by atoms with van der Waals surface area (Å²) in [5.41, 5.74) is 2.30. The maximum atomic E-state index is 5.86. The number of hydrogen-bond acceptors (Lipinski definition) is 4. The van der Waals surface area contributed by atoms with Gasteiger partial charge in [0.05, 0.1) is 6.61 Å². The van der Waals surface area contributed by atoms with Crippen molar-refractivity contribution in [3.63, 3.8) is 0 Å². The molecule has 152 valence electrons. The molecule has 1 aliphatic rings. The predicted octanol–water partition coefficient (Wildman–Crippen LogP) is 2.56. The molecule has 0 bridgehead atoms. The highest BCUT2D eigenvalue weighted by Gasteiger charge is 2.09. The van der Waals surface area contributed by atoms with Gasteiger partial charge in [-0.2, -0.15) is 0 Å². The van der Waals surface area contributed by atoms with Crippen molar-refractivity contribution < 1.29 is 9.47 Å². The number of aliphatic imine (C=N–C) groups is 1. The zero-order chi connectivity index (χ0) is 19.3. The lowest BCUT2D eigenvalue weighted by molar-refractivity contribution is 0.145. The van der Waals surface area contributed by atoms with Crippen molar-refractivity contribution in [3.8, 4) is 5.75 Å². The minimum Gasteiger partial charge on any atom is -0.491 e. The molecule has 0 aromatic heterocycles. The fourth-order valence-corrected chi connectivity index (χ4v) is 3.27. The van der Waals surface area contributed by atoms with E-state index in [-0.39, 0.29) is 0 Å². The summed E-state index contributed by atoms with van der Waals surface area (Å²) in [5.74, 6) is 1.73. The van der Waals surface area contributed by atoms with Crippen LogP contribution in [0, 0.1) is 6.92 Å². The molecule has 0 saturated carbocycles. The number of rotatable bonds is 9. The molecule has 1 fully saturated rings. The van der Waals surface area contributed by atoms with Crippen molar-refractivity contribution in [2.45, 2.75) is 39.2 Å². The van der Waals surface area contributed by atoms with Crippen molar-refractivity contribution in [2.24, 2.45) is 4.99 Å². The number of ether oxygens (including phenoxy) is 2. The average Bonchev–Trinajstić information content (AvgIpc) is 2.95. The zero-order valence-corrected chi connectivity index (χ0v) is 17.2. The highest BCUT2D eigenvalue weighted by molar-refractivity contribution is 5.79. The SMILES string of the molecule is CN=C(NCCN1CCCCCC1)NCc1ccc(C)cc1OCCOC. The van der Waals surface area contributed by atoms with Crippen LogP contribution < -0.4 is 15.4 Å². The van der Waals surface area contributed by atoms with Gasteiger partial charge in [0.2, 0.25) is 0 Å². The van der Waals surface area contributed by atoms with E-state index >= 15 is 0 Å². The van der Waals surface area contributed by atoms with Gasteiger partial charge in [-0.15, -0.1) is 0 Å². The van der Waals surface area contributed by atoms with Gasteiger partial charge in [-0.25, -0.2) is 0 Å². The maximum Gasteiger partial charge on any atom is 0.191 e. The molecule has 1 saturated heterocycles. The van der Waals surface area contributed by atoms with Crippen LogP contribution in [-0.4, -0.2) is 64.4 Å².